The zero-order valence-electron chi connectivity index (χ0n) is 9.04. The number of carboxylic acid groups (broad SMARTS) is 1. The predicted octanol–water partition coefficient (Wildman–Crippen LogP) is 2.08. The molecule has 0 unspecified atom stereocenters. The highest BCUT2D eigenvalue weighted by molar-refractivity contribution is 7.09. The summed E-state index contributed by atoms with van der Waals surface area (Å²) in [5.74, 6) is -1.01. The molecule has 0 aliphatic carbocycles. The van der Waals surface area contributed by atoms with Crippen molar-refractivity contribution in [3.8, 4) is 0 Å². The van der Waals surface area contributed by atoms with Crippen LogP contribution in [0, 0.1) is 0 Å². The van der Waals surface area contributed by atoms with Crippen molar-refractivity contribution in [1.82, 2.24) is 4.98 Å². The van der Waals surface area contributed by atoms with E-state index in [-0.39, 0.29) is 11.7 Å². The molecule has 88 valence electrons. The van der Waals surface area contributed by atoms with Gasteiger partial charge in [-0.1, -0.05) is 30.3 Å². The third kappa shape index (κ3) is 2.89. The summed E-state index contributed by atoms with van der Waals surface area (Å²) in [7, 11) is 0. The maximum absolute atomic E-state index is 10.7. The van der Waals surface area contributed by atoms with Crippen LogP contribution >= 0.6 is 11.3 Å². The van der Waals surface area contributed by atoms with E-state index in [1.54, 1.807) is 0 Å². The van der Waals surface area contributed by atoms with E-state index in [0.717, 1.165) is 5.56 Å². The predicted molar refractivity (Wildman–Crippen MR) is 66.1 cm³/mol. The molecule has 5 heteroatoms. The maximum atomic E-state index is 10.7. The van der Waals surface area contributed by atoms with E-state index in [2.05, 4.69) is 4.98 Å². The smallest absolute Gasteiger partial charge is 0.355 e. The fourth-order valence-electron chi connectivity index (χ4n) is 1.51. The van der Waals surface area contributed by atoms with Gasteiger partial charge in [-0.25, -0.2) is 9.78 Å². The molecular weight excluding hydrogens is 236 g/mol. The zero-order valence-corrected chi connectivity index (χ0v) is 9.85. The lowest BCUT2D eigenvalue weighted by Gasteiger charge is -2.07. The minimum atomic E-state index is -1.01. The maximum Gasteiger partial charge on any atom is 0.355 e. The number of nitrogens with two attached hydrogens (primary N) is 1. The lowest BCUT2D eigenvalue weighted by molar-refractivity contribution is 0.0691. The third-order valence-electron chi connectivity index (χ3n) is 2.36. The normalized spacial score (nSPS) is 12.3. The van der Waals surface area contributed by atoms with E-state index in [1.165, 1.54) is 16.7 Å². The first-order valence-electron chi connectivity index (χ1n) is 5.15. The van der Waals surface area contributed by atoms with Crippen molar-refractivity contribution < 1.29 is 9.90 Å². The number of hydrogen-bond donors (Lipinski definition) is 2. The average molecular weight is 248 g/mol. The van der Waals surface area contributed by atoms with E-state index >= 15 is 0 Å². The number of aromatic carboxylic acids is 1. The Morgan fingerprint density at radius 2 is 2.12 bits per heavy atom. The van der Waals surface area contributed by atoms with Crippen molar-refractivity contribution in [2.24, 2.45) is 5.73 Å². The second-order valence-corrected chi connectivity index (χ2v) is 4.56. The van der Waals surface area contributed by atoms with Crippen LogP contribution in [0.3, 0.4) is 0 Å². The van der Waals surface area contributed by atoms with Crippen LogP contribution in [0.25, 0.3) is 0 Å². The topological polar surface area (TPSA) is 76.2 Å². The summed E-state index contributed by atoms with van der Waals surface area (Å²) in [4.78, 5) is 14.7. The van der Waals surface area contributed by atoms with Gasteiger partial charge in [0.1, 0.15) is 5.01 Å². The summed E-state index contributed by atoms with van der Waals surface area (Å²) in [6.07, 6.45) is 0.660. The molecular formula is C12H12N2O2S. The zero-order chi connectivity index (χ0) is 12.3. The molecule has 0 fully saturated rings. The van der Waals surface area contributed by atoms with Crippen molar-refractivity contribution in [2.45, 2.75) is 12.5 Å². The van der Waals surface area contributed by atoms with Crippen LogP contribution in [0.4, 0.5) is 0 Å². The second-order valence-electron chi connectivity index (χ2n) is 3.67. The van der Waals surface area contributed by atoms with Crippen LogP contribution in [0.5, 0.6) is 0 Å². The van der Waals surface area contributed by atoms with Gasteiger partial charge >= 0.3 is 5.97 Å². The Kier molecular flexibility index (Phi) is 3.51. The van der Waals surface area contributed by atoms with E-state index in [4.69, 9.17) is 10.8 Å². The Balaban J connectivity index is 2.09. The van der Waals surface area contributed by atoms with Crippen molar-refractivity contribution >= 4 is 17.3 Å². The Morgan fingerprint density at radius 3 is 2.71 bits per heavy atom. The average Bonchev–Trinajstić information content (AvgIpc) is 2.79. The summed E-state index contributed by atoms with van der Waals surface area (Å²) in [5.41, 5.74) is 7.18. The van der Waals surface area contributed by atoms with E-state index < -0.39 is 5.97 Å². The van der Waals surface area contributed by atoms with Gasteiger partial charge in [0.25, 0.3) is 0 Å². The van der Waals surface area contributed by atoms with E-state index in [9.17, 15) is 4.79 Å². The molecule has 0 radical (unpaired) electrons. The first kappa shape index (κ1) is 11.8. The molecule has 0 spiro atoms. The molecule has 2 aromatic rings. The minimum absolute atomic E-state index is 0.0634. The molecule has 3 N–H and O–H groups in total. The highest BCUT2D eigenvalue weighted by atomic mass is 32.1. The molecule has 0 aliphatic rings. The van der Waals surface area contributed by atoms with Gasteiger partial charge in [0.15, 0.2) is 5.69 Å². The number of carboxylic acids is 1. The molecule has 1 aromatic carbocycles. The van der Waals surface area contributed by atoms with Gasteiger partial charge < -0.3 is 10.8 Å². The minimum Gasteiger partial charge on any atom is -0.476 e. The van der Waals surface area contributed by atoms with Crippen molar-refractivity contribution in [1.29, 1.82) is 0 Å². The van der Waals surface area contributed by atoms with Crippen molar-refractivity contribution in [3.05, 3.63) is 52.0 Å². The van der Waals surface area contributed by atoms with E-state index in [1.807, 2.05) is 30.3 Å². The highest BCUT2D eigenvalue weighted by Gasteiger charge is 2.14. The van der Waals surface area contributed by atoms with Crippen LogP contribution in [-0.4, -0.2) is 16.1 Å². The quantitative estimate of drug-likeness (QED) is 0.868. The van der Waals surface area contributed by atoms with Gasteiger partial charge in [0.05, 0.1) is 6.04 Å². The SMILES string of the molecule is N[C@H](Cc1ccccc1)c1nc(C(=O)O)cs1. The molecule has 2 rings (SSSR count). The molecule has 17 heavy (non-hydrogen) atoms. The highest BCUT2D eigenvalue weighted by Crippen LogP contribution is 2.20. The van der Waals surface area contributed by atoms with Crippen LogP contribution in [0.2, 0.25) is 0 Å². The van der Waals surface area contributed by atoms with Crippen molar-refractivity contribution in [3.63, 3.8) is 0 Å². The summed E-state index contributed by atoms with van der Waals surface area (Å²) in [5, 5.41) is 10.9. The van der Waals surface area contributed by atoms with Crippen LogP contribution in [0.1, 0.15) is 27.1 Å². The number of rotatable bonds is 4. The summed E-state index contributed by atoms with van der Waals surface area (Å²) >= 11 is 1.29. The van der Waals surface area contributed by atoms with Crippen LogP contribution < -0.4 is 5.73 Å². The monoisotopic (exact) mass is 248 g/mol. The van der Waals surface area contributed by atoms with Crippen LogP contribution in [0.15, 0.2) is 35.7 Å². The van der Waals surface area contributed by atoms with Gasteiger partial charge in [0, 0.05) is 5.38 Å². The number of aromatic nitrogens is 1. The lowest BCUT2D eigenvalue weighted by atomic mass is 10.1. The first-order chi connectivity index (χ1) is 8.16. The molecule has 0 amide bonds. The number of hydrogen-bond acceptors (Lipinski definition) is 4. The van der Waals surface area contributed by atoms with Gasteiger partial charge in [0.2, 0.25) is 0 Å². The van der Waals surface area contributed by atoms with Gasteiger partial charge in [-0.15, -0.1) is 11.3 Å². The standard InChI is InChI=1S/C12H12N2O2S/c13-9(6-8-4-2-1-3-5-8)11-14-10(7-17-11)12(15)16/h1-5,7,9H,6,13H2,(H,15,16)/t9-/m1/s1. The van der Waals surface area contributed by atoms with Gasteiger partial charge in [-0.2, -0.15) is 0 Å². The summed E-state index contributed by atoms with van der Waals surface area (Å²) < 4.78 is 0. The number of nitrogens with zero attached hydrogens (tertiary/aromatic N) is 1. The molecule has 1 atom stereocenters. The molecule has 1 aromatic heterocycles. The second kappa shape index (κ2) is 5.07. The number of carbonyl (C=O) groups is 1. The summed E-state index contributed by atoms with van der Waals surface area (Å²) in [6, 6.07) is 9.58. The molecule has 0 saturated heterocycles. The molecule has 4 nitrogen and oxygen atoms in total. The molecule has 0 aliphatic heterocycles. The first-order valence-corrected chi connectivity index (χ1v) is 6.03. The van der Waals surface area contributed by atoms with Gasteiger partial charge in [-0.3, -0.25) is 0 Å². The number of thiazole rings is 1. The Labute approximate surface area is 103 Å². The molecule has 0 bridgehead atoms. The van der Waals surface area contributed by atoms with Gasteiger partial charge in [-0.05, 0) is 12.0 Å². The Hall–Kier alpha value is -1.72. The van der Waals surface area contributed by atoms with Crippen molar-refractivity contribution in [2.75, 3.05) is 0 Å². The fraction of sp³-hybridized carbons (Fsp3) is 0.167. The lowest BCUT2D eigenvalue weighted by Crippen LogP contribution is -2.13. The largest absolute Gasteiger partial charge is 0.476 e. The third-order valence-corrected chi connectivity index (χ3v) is 3.33. The van der Waals surface area contributed by atoms with Crippen LogP contribution in [-0.2, 0) is 6.42 Å². The fourth-order valence-corrected chi connectivity index (χ4v) is 2.31. The Bertz CT molecular complexity index is 510. The van der Waals surface area contributed by atoms with E-state index in [0.29, 0.717) is 11.4 Å². The Morgan fingerprint density at radius 1 is 1.41 bits per heavy atom. The number of benzene rings is 1. The summed E-state index contributed by atoms with van der Waals surface area (Å²) in [6.45, 7) is 0. The molecule has 0 saturated carbocycles. The molecule has 1 heterocycles.